The van der Waals surface area contributed by atoms with E-state index in [0.29, 0.717) is 0 Å². The Morgan fingerprint density at radius 3 is 2.65 bits per heavy atom. The van der Waals surface area contributed by atoms with Crippen molar-refractivity contribution < 1.29 is 4.79 Å². The van der Waals surface area contributed by atoms with Gasteiger partial charge in [-0.15, -0.1) is 11.3 Å². The Bertz CT molecular complexity index is 700. The van der Waals surface area contributed by atoms with Crippen molar-refractivity contribution in [1.82, 2.24) is 4.90 Å². The zero-order chi connectivity index (χ0) is 14.3. The fourth-order valence-corrected chi connectivity index (χ4v) is 3.29. The van der Waals surface area contributed by atoms with E-state index >= 15 is 0 Å². The molecule has 3 nitrogen and oxygen atoms in total. The van der Waals surface area contributed by atoms with Crippen molar-refractivity contribution in [1.29, 1.82) is 0 Å². The fourth-order valence-electron chi connectivity index (χ4n) is 2.38. The predicted molar refractivity (Wildman–Crippen MR) is 84.3 cm³/mol. The Kier molecular flexibility index (Phi) is 3.10. The molecule has 1 aromatic carbocycles. The van der Waals surface area contributed by atoms with E-state index in [1.165, 1.54) is 5.56 Å². The lowest BCUT2D eigenvalue weighted by Gasteiger charge is -2.14. The summed E-state index contributed by atoms with van der Waals surface area (Å²) in [5.41, 5.74) is 3.89. The van der Waals surface area contributed by atoms with E-state index in [2.05, 4.69) is 11.4 Å². The normalized spacial score (nSPS) is 15.8. The molecule has 0 spiro atoms. The molecule has 3 rings (SSSR count). The highest BCUT2D eigenvalue weighted by Crippen LogP contribution is 2.43. The van der Waals surface area contributed by atoms with E-state index in [9.17, 15) is 4.79 Å². The highest BCUT2D eigenvalue weighted by Gasteiger charge is 2.33. The number of carbonyl (C=O) groups excluding carboxylic acids is 1. The molecule has 0 saturated heterocycles. The smallest absolute Gasteiger partial charge is 0.265 e. The summed E-state index contributed by atoms with van der Waals surface area (Å²) < 4.78 is 0. The molecule has 4 heteroatoms. The molecule has 1 aliphatic heterocycles. The average Bonchev–Trinajstić information content (AvgIpc) is 2.93. The molecular formula is C16H16N2OS. The third kappa shape index (κ3) is 2.02. The lowest BCUT2D eigenvalue weighted by Crippen LogP contribution is -2.20. The van der Waals surface area contributed by atoms with Crippen LogP contribution in [0.3, 0.4) is 0 Å². The van der Waals surface area contributed by atoms with Crippen LogP contribution in [0.15, 0.2) is 41.9 Å². The maximum absolute atomic E-state index is 12.7. The summed E-state index contributed by atoms with van der Waals surface area (Å²) in [6.45, 7) is 2.04. The number of amides is 1. The number of fused-ring (bicyclic) bond motifs is 1. The number of hydrogen-bond acceptors (Lipinski definition) is 3. The Hall–Kier alpha value is -2.07. The summed E-state index contributed by atoms with van der Waals surface area (Å²) in [6, 6.07) is 10.00. The van der Waals surface area contributed by atoms with E-state index in [-0.39, 0.29) is 5.91 Å². The first-order valence-electron chi connectivity index (χ1n) is 6.45. The Labute approximate surface area is 122 Å². The predicted octanol–water partition coefficient (Wildman–Crippen LogP) is 3.64. The van der Waals surface area contributed by atoms with Gasteiger partial charge in [0, 0.05) is 25.9 Å². The summed E-state index contributed by atoms with van der Waals surface area (Å²) in [5.74, 6) is 0.0433. The number of benzene rings is 1. The highest BCUT2D eigenvalue weighted by molar-refractivity contribution is 7.14. The van der Waals surface area contributed by atoms with Crippen LogP contribution in [-0.2, 0) is 4.79 Å². The van der Waals surface area contributed by atoms with Crippen molar-refractivity contribution in [2.75, 3.05) is 19.0 Å². The van der Waals surface area contributed by atoms with Crippen LogP contribution in [0.5, 0.6) is 0 Å². The molecule has 1 amide bonds. The van der Waals surface area contributed by atoms with Crippen LogP contribution in [0.2, 0.25) is 0 Å². The van der Waals surface area contributed by atoms with Crippen LogP contribution in [0.1, 0.15) is 11.1 Å². The number of hydrogen-bond donors (Lipinski definition) is 0. The van der Waals surface area contributed by atoms with Crippen LogP contribution >= 0.6 is 11.3 Å². The molecule has 0 radical (unpaired) electrons. The number of thiophene rings is 1. The SMILES string of the molecule is Cc1csc(N2C(=O)C(=CN(C)C)c3ccccc32)c1. The van der Waals surface area contributed by atoms with Gasteiger partial charge < -0.3 is 4.90 Å². The van der Waals surface area contributed by atoms with Crippen molar-refractivity contribution in [2.45, 2.75) is 6.92 Å². The van der Waals surface area contributed by atoms with Crippen LogP contribution in [0.25, 0.3) is 5.57 Å². The highest BCUT2D eigenvalue weighted by atomic mass is 32.1. The second-order valence-corrected chi connectivity index (χ2v) is 6.02. The number of aryl methyl sites for hydroxylation is 1. The number of para-hydroxylation sites is 1. The van der Waals surface area contributed by atoms with Gasteiger partial charge in [-0.3, -0.25) is 9.69 Å². The molecule has 102 valence electrons. The zero-order valence-corrected chi connectivity index (χ0v) is 12.6. The fraction of sp³-hybridized carbons (Fsp3) is 0.188. The van der Waals surface area contributed by atoms with E-state index in [1.807, 2.05) is 61.3 Å². The Morgan fingerprint density at radius 2 is 2.00 bits per heavy atom. The van der Waals surface area contributed by atoms with Gasteiger partial charge in [-0.05, 0) is 30.0 Å². The molecular weight excluding hydrogens is 268 g/mol. The molecule has 2 heterocycles. The minimum Gasteiger partial charge on any atom is -0.383 e. The minimum absolute atomic E-state index is 0.0433. The largest absolute Gasteiger partial charge is 0.383 e. The van der Waals surface area contributed by atoms with Gasteiger partial charge in [-0.2, -0.15) is 0 Å². The van der Waals surface area contributed by atoms with Crippen molar-refractivity contribution >= 4 is 33.5 Å². The summed E-state index contributed by atoms with van der Waals surface area (Å²) in [6.07, 6.45) is 1.89. The summed E-state index contributed by atoms with van der Waals surface area (Å²) in [4.78, 5) is 16.5. The molecule has 0 saturated carbocycles. The lowest BCUT2D eigenvalue weighted by atomic mass is 10.1. The van der Waals surface area contributed by atoms with Gasteiger partial charge in [0.2, 0.25) is 0 Å². The van der Waals surface area contributed by atoms with Gasteiger partial charge in [0.1, 0.15) is 5.00 Å². The van der Waals surface area contributed by atoms with E-state index in [1.54, 1.807) is 11.3 Å². The monoisotopic (exact) mass is 284 g/mol. The van der Waals surface area contributed by atoms with Crippen molar-refractivity contribution in [3.63, 3.8) is 0 Å². The molecule has 20 heavy (non-hydrogen) atoms. The number of anilines is 2. The number of carbonyl (C=O) groups is 1. The van der Waals surface area contributed by atoms with Crippen molar-refractivity contribution in [3.05, 3.63) is 53.0 Å². The minimum atomic E-state index is 0.0433. The van der Waals surface area contributed by atoms with Crippen LogP contribution in [0.4, 0.5) is 10.7 Å². The van der Waals surface area contributed by atoms with Gasteiger partial charge in [0.15, 0.2) is 0 Å². The topological polar surface area (TPSA) is 23.6 Å². The molecule has 0 aliphatic carbocycles. The maximum atomic E-state index is 12.7. The molecule has 0 bridgehead atoms. The van der Waals surface area contributed by atoms with Crippen molar-refractivity contribution in [2.24, 2.45) is 0 Å². The molecule has 0 atom stereocenters. The molecule has 0 fully saturated rings. The van der Waals surface area contributed by atoms with Crippen LogP contribution in [-0.4, -0.2) is 24.9 Å². The first-order valence-corrected chi connectivity index (χ1v) is 7.33. The standard InChI is InChI=1S/C16H16N2OS/c1-11-8-15(20-10-11)18-14-7-5-4-6-12(14)13(16(18)19)9-17(2)3/h4-10H,1-3H3. The van der Waals surface area contributed by atoms with E-state index < -0.39 is 0 Å². The second-order valence-electron chi connectivity index (χ2n) is 5.13. The second kappa shape index (κ2) is 4.80. The number of rotatable bonds is 2. The van der Waals surface area contributed by atoms with Gasteiger partial charge in [0.05, 0.1) is 11.3 Å². The molecule has 1 aliphatic rings. The summed E-state index contributed by atoms with van der Waals surface area (Å²) in [5, 5.41) is 3.04. The third-order valence-electron chi connectivity index (χ3n) is 3.19. The zero-order valence-electron chi connectivity index (χ0n) is 11.8. The quantitative estimate of drug-likeness (QED) is 0.786. The molecule has 1 aromatic heterocycles. The third-order valence-corrected chi connectivity index (χ3v) is 4.22. The van der Waals surface area contributed by atoms with Crippen LogP contribution in [0, 0.1) is 6.92 Å². The first kappa shape index (κ1) is 12.9. The Morgan fingerprint density at radius 1 is 1.25 bits per heavy atom. The molecule has 0 unspecified atom stereocenters. The van der Waals surface area contributed by atoms with Gasteiger partial charge in [0.25, 0.3) is 5.91 Å². The van der Waals surface area contributed by atoms with Gasteiger partial charge in [-0.25, -0.2) is 0 Å². The van der Waals surface area contributed by atoms with Gasteiger partial charge in [-0.1, -0.05) is 18.2 Å². The van der Waals surface area contributed by atoms with Gasteiger partial charge >= 0.3 is 0 Å². The summed E-state index contributed by atoms with van der Waals surface area (Å²) in [7, 11) is 3.86. The first-order chi connectivity index (χ1) is 9.58. The molecule has 0 N–H and O–H groups in total. The van der Waals surface area contributed by atoms with Crippen molar-refractivity contribution in [3.8, 4) is 0 Å². The summed E-state index contributed by atoms with van der Waals surface area (Å²) >= 11 is 1.60. The number of nitrogens with zero attached hydrogens (tertiary/aromatic N) is 2. The van der Waals surface area contributed by atoms with Crippen LogP contribution < -0.4 is 4.90 Å². The van der Waals surface area contributed by atoms with E-state index in [4.69, 9.17) is 0 Å². The lowest BCUT2D eigenvalue weighted by molar-refractivity contribution is -0.112. The van der Waals surface area contributed by atoms with E-state index in [0.717, 1.165) is 21.8 Å². The maximum Gasteiger partial charge on any atom is 0.265 e. The molecule has 2 aromatic rings. The Balaban J connectivity index is 2.16. The average molecular weight is 284 g/mol.